The SMILES string of the molecule is CCNC(=NCC1CCCOC1c1ccccc1)NC1CCN(C(C)C)CC1. The minimum atomic E-state index is 0.163. The highest BCUT2D eigenvalue weighted by Crippen LogP contribution is 2.33. The van der Waals surface area contributed by atoms with Gasteiger partial charge in [-0.25, -0.2) is 0 Å². The Balaban J connectivity index is 1.58. The van der Waals surface area contributed by atoms with Crippen LogP contribution in [0.15, 0.2) is 35.3 Å². The summed E-state index contributed by atoms with van der Waals surface area (Å²) >= 11 is 0. The molecule has 0 amide bonds. The predicted molar refractivity (Wildman–Crippen MR) is 117 cm³/mol. The number of nitrogens with zero attached hydrogens (tertiary/aromatic N) is 2. The molecule has 3 rings (SSSR count). The third-order valence-corrected chi connectivity index (χ3v) is 6.00. The van der Waals surface area contributed by atoms with Crippen LogP contribution in [0.25, 0.3) is 0 Å². The van der Waals surface area contributed by atoms with Crippen LogP contribution < -0.4 is 10.6 Å². The quantitative estimate of drug-likeness (QED) is 0.579. The van der Waals surface area contributed by atoms with Gasteiger partial charge in [0.2, 0.25) is 0 Å². The summed E-state index contributed by atoms with van der Waals surface area (Å²) in [4.78, 5) is 7.52. The molecule has 2 fully saturated rings. The first-order valence-electron chi connectivity index (χ1n) is 11.1. The molecule has 0 saturated carbocycles. The molecule has 2 aliphatic rings. The lowest BCUT2D eigenvalue weighted by molar-refractivity contribution is -0.0250. The van der Waals surface area contributed by atoms with Crippen LogP contribution in [-0.2, 0) is 4.74 Å². The Morgan fingerprint density at radius 1 is 1.18 bits per heavy atom. The number of hydrogen-bond acceptors (Lipinski definition) is 3. The maximum Gasteiger partial charge on any atom is 0.191 e. The van der Waals surface area contributed by atoms with Gasteiger partial charge in [-0.1, -0.05) is 30.3 Å². The third kappa shape index (κ3) is 5.95. The molecule has 0 bridgehead atoms. The van der Waals surface area contributed by atoms with E-state index in [0.29, 0.717) is 18.0 Å². The first kappa shape index (κ1) is 21.1. The smallest absolute Gasteiger partial charge is 0.191 e. The average molecular weight is 387 g/mol. The number of hydrogen-bond donors (Lipinski definition) is 2. The topological polar surface area (TPSA) is 48.9 Å². The molecular formula is C23H38N4O. The van der Waals surface area contributed by atoms with E-state index in [1.54, 1.807) is 0 Å². The van der Waals surface area contributed by atoms with Crippen LogP contribution in [-0.4, -0.2) is 55.7 Å². The lowest BCUT2D eigenvalue weighted by Crippen LogP contribution is -2.50. The summed E-state index contributed by atoms with van der Waals surface area (Å²) in [5.41, 5.74) is 1.28. The highest BCUT2D eigenvalue weighted by atomic mass is 16.5. The molecular weight excluding hydrogens is 348 g/mol. The van der Waals surface area contributed by atoms with Gasteiger partial charge in [0.25, 0.3) is 0 Å². The fourth-order valence-electron chi connectivity index (χ4n) is 4.32. The standard InChI is InChI=1S/C23H38N4O/c1-4-24-23(26-21-12-14-27(15-13-21)18(2)3)25-17-20-11-8-16-28-22(20)19-9-6-5-7-10-19/h5-7,9-10,18,20-22H,4,8,11-17H2,1-3H3,(H2,24,25,26). The molecule has 156 valence electrons. The van der Waals surface area contributed by atoms with Crippen molar-refractivity contribution >= 4 is 5.96 Å². The van der Waals surface area contributed by atoms with Crippen LogP contribution in [0.5, 0.6) is 0 Å². The van der Waals surface area contributed by atoms with Crippen LogP contribution in [0.1, 0.15) is 58.1 Å². The first-order valence-corrected chi connectivity index (χ1v) is 11.1. The molecule has 1 aromatic rings. The van der Waals surface area contributed by atoms with Crippen molar-refractivity contribution in [3.05, 3.63) is 35.9 Å². The molecule has 2 aliphatic heterocycles. The molecule has 0 radical (unpaired) electrons. The Kier molecular flexibility index (Phi) is 8.16. The van der Waals surface area contributed by atoms with E-state index < -0.39 is 0 Å². The van der Waals surface area contributed by atoms with Gasteiger partial charge in [-0.15, -0.1) is 0 Å². The zero-order valence-corrected chi connectivity index (χ0v) is 17.9. The molecule has 0 aromatic heterocycles. The maximum absolute atomic E-state index is 6.14. The van der Waals surface area contributed by atoms with Crippen molar-refractivity contribution < 1.29 is 4.74 Å². The van der Waals surface area contributed by atoms with Crippen molar-refractivity contribution in [1.29, 1.82) is 0 Å². The summed E-state index contributed by atoms with van der Waals surface area (Å²) in [7, 11) is 0. The van der Waals surface area contributed by atoms with Crippen molar-refractivity contribution in [3.8, 4) is 0 Å². The Labute approximate surface area is 170 Å². The van der Waals surface area contributed by atoms with Crippen LogP contribution >= 0.6 is 0 Å². The Morgan fingerprint density at radius 3 is 2.61 bits per heavy atom. The molecule has 0 spiro atoms. The fraction of sp³-hybridized carbons (Fsp3) is 0.696. The van der Waals surface area contributed by atoms with Crippen molar-refractivity contribution in [2.24, 2.45) is 10.9 Å². The predicted octanol–water partition coefficient (Wildman–Crippen LogP) is 3.58. The molecule has 0 aliphatic carbocycles. The van der Waals surface area contributed by atoms with E-state index in [9.17, 15) is 0 Å². The normalized spacial score (nSPS) is 25.1. The Hall–Kier alpha value is -1.59. The van der Waals surface area contributed by atoms with E-state index in [2.05, 4.69) is 66.6 Å². The number of ether oxygens (including phenoxy) is 1. The summed E-state index contributed by atoms with van der Waals surface area (Å²) in [6.07, 6.45) is 4.83. The fourth-order valence-corrected chi connectivity index (χ4v) is 4.32. The maximum atomic E-state index is 6.14. The van der Waals surface area contributed by atoms with Gasteiger partial charge < -0.3 is 20.3 Å². The van der Waals surface area contributed by atoms with Gasteiger partial charge in [0.1, 0.15) is 0 Å². The van der Waals surface area contributed by atoms with E-state index in [-0.39, 0.29) is 6.10 Å². The monoisotopic (exact) mass is 386 g/mol. The lowest BCUT2D eigenvalue weighted by atomic mass is 9.89. The third-order valence-electron chi connectivity index (χ3n) is 6.00. The lowest BCUT2D eigenvalue weighted by Gasteiger charge is -2.35. The second-order valence-electron chi connectivity index (χ2n) is 8.37. The van der Waals surface area contributed by atoms with Gasteiger partial charge in [-0.2, -0.15) is 0 Å². The molecule has 28 heavy (non-hydrogen) atoms. The molecule has 2 heterocycles. The second-order valence-corrected chi connectivity index (χ2v) is 8.37. The van der Waals surface area contributed by atoms with Crippen molar-refractivity contribution in [3.63, 3.8) is 0 Å². The zero-order chi connectivity index (χ0) is 19.8. The summed E-state index contributed by atoms with van der Waals surface area (Å²) in [6, 6.07) is 11.8. The van der Waals surface area contributed by atoms with Crippen molar-refractivity contribution in [2.45, 2.75) is 64.6 Å². The number of aliphatic imine (C=N–C) groups is 1. The molecule has 5 heteroatoms. The van der Waals surface area contributed by atoms with E-state index >= 15 is 0 Å². The van der Waals surface area contributed by atoms with Gasteiger partial charge in [0.05, 0.1) is 6.10 Å². The average Bonchev–Trinajstić information content (AvgIpc) is 2.73. The van der Waals surface area contributed by atoms with E-state index in [0.717, 1.165) is 32.1 Å². The molecule has 2 unspecified atom stereocenters. The van der Waals surface area contributed by atoms with Gasteiger partial charge >= 0.3 is 0 Å². The van der Waals surface area contributed by atoms with Crippen LogP contribution in [0.4, 0.5) is 0 Å². The van der Waals surface area contributed by atoms with Crippen molar-refractivity contribution in [1.82, 2.24) is 15.5 Å². The highest BCUT2D eigenvalue weighted by Gasteiger charge is 2.27. The van der Waals surface area contributed by atoms with E-state index in [4.69, 9.17) is 9.73 Å². The zero-order valence-electron chi connectivity index (χ0n) is 17.9. The van der Waals surface area contributed by atoms with Gasteiger partial charge in [0, 0.05) is 50.8 Å². The first-order chi connectivity index (χ1) is 13.7. The van der Waals surface area contributed by atoms with Crippen LogP contribution in [0, 0.1) is 5.92 Å². The van der Waals surface area contributed by atoms with E-state index in [1.807, 2.05) is 0 Å². The largest absolute Gasteiger partial charge is 0.373 e. The summed E-state index contributed by atoms with van der Waals surface area (Å²) < 4.78 is 6.14. The van der Waals surface area contributed by atoms with Gasteiger partial charge in [-0.05, 0) is 52.0 Å². The second kappa shape index (κ2) is 10.8. The van der Waals surface area contributed by atoms with Crippen LogP contribution in [0.2, 0.25) is 0 Å². The van der Waals surface area contributed by atoms with Crippen molar-refractivity contribution in [2.75, 3.05) is 32.8 Å². The highest BCUT2D eigenvalue weighted by molar-refractivity contribution is 5.80. The summed E-state index contributed by atoms with van der Waals surface area (Å²) in [5, 5.41) is 7.12. The summed E-state index contributed by atoms with van der Waals surface area (Å²) in [5.74, 6) is 1.40. The Bertz CT molecular complexity index is 596. The van der Waals surface area contributed by atoms with Crippen LogP contribution in [0.3, 0.4) is 0 Å². The number of nitrogens with one attached hydrogen (secondary N) is 2. The molecule has 5 nitrogen and oxygen atoms in total. The minimum absolute atomic E-state index is 0.163. The number of likely N-dealkylation sites (tertiary alicyclic amines) is 1. The summed E-state index contributed by atoms with van der Waals surface area (Å²) in [6.45, 7) is 11.6. The molecule has 2 N–H and O–H groups in total. The molecule has 2 atom stereocenters. The number of guanidine groups is 1. The molecule has 2 saturated heterocycles. The number of piperidine rings is 1. The van der Waals surface area contributed by atoms with Gasteiger partial charge in [0.15, 0.2) is 5.96 Å². The van der Waals surface area contributed by atoms with E-state index in [1.165, 1.54) is 37.9 Å². The molecule has 1 aromatic carbocycles. The minimum Gasteiger partial charge on any atom is -0.373 e. The Morgan fingerprint density at radius 2 is 1.93 bits per heavy atom. The number of rotatable bonds is 6. The van der Waals surface area contributed by atoms with Gasteiger partial charge in [-0.3, -0.25) is 4.99 Å². The number of benzene rings is 1.